The third kappa shape index (κ3) is 4.47. The van der Waals surface area contributed by atoms with Crippen molar-refractivity contribution in [2.75, 3.05) is 13.7 Å². The summed E-state index contributed by atoms with van der Waals surface area (Å²) in [4.78, 5) is -0.0930. The first kappa shape index (κ1) is 18.5. The van der Waals surface area contributed by atoms with E-state index in [0.29, 0.717) is 18.6 Å². The van der Waals surface area contributed by atoms with Crippen molar-refractivity contribution in [3.63, 3.8) is 0 Å². The summed E-state index contributed by atoms with van der Waals surface area (Å²) in [6.07, 6.45) is 1.31. The zero-order valence-electron chi connectivity index (χ0n) is 12.2. The highest BCUT2D eigenvalue weighted by molar-refractivity contribution is 7.89. The van der Waals surface area contributed by atoms with Crippen LogP contribution in [0.25, 0.3) is 0 Å². The second-order valence-corrected chi connectivity index (χ2v) is 7.36. The third-order valence-corrected chi connectivity index (χ3v) is 5.68. The fraction of sp³-hybridized carbons (Fsp3) is 0.538. The molecule has 0 saturated heterocycles. The lowest BCUT2D eigenvalue weighted by atomic mass is 9.95. The first-order valence-corrected chi connectivity index (χ1v) is 8.74. The standard InChI is InChI=1S/C13H20Cl2N2O3S/c1-4-13(16,5-2)8-17-21(18,19)12-7-9(14)11(20-3)6-10(12)15/h6-7,17H,4-5,8,16H2,1-3H3. The first-order chi connectivity index (χ1) is 9.69. The summed E-state index contributed by atoms with van der Waals surface area (Å²) in [5, 5.41) is 0.214. The number of halogens is 2. The average molecular weight is 355 g/mol. The van der Waals surface area contributed by atoms with Crippen LogP contribution in [-0.2, 0) is 10.0 Å². The van der Waals surface area contributed by atoms with Gasteiger partial charge in [0, 0.05) is 18.2 Å². The number of sulfonamides is 1. The Labute approximate surface area is 135 Å². The largest absolute Gasteiger partial charge is 0.495 e. The molecular weight excluding hydrogens is 335 g/mol. The number of hydrogen-bond acceptors (Lipinski definition) is 4. The molecule has 1 rings (SSSR count). The van der Waals surface area contributed by atoms with E-state index < -0.39 is 15.6 Å². The van der Waals surface area contributed by atoms with Crippen LogP contribution in [0.15, 0.2) is 17.0 Å². The van der Waals surface area contributed by atoms with Crippen molar-refractivity contribution in [1.29, 1.82) is 0 Å². The molecule has 0 heterocycles. The van der Waals surface area contributed by atoms with Gasteiger partial charge in [-0.25, -0.2) is 13.1 Å². The van der Waals surface area contributed by atoms with Gasteiger partial charge in [-0.2, -0.15) is 0 Å². The Balaban J connectivity index is 3.07. The van der Waals surface area contributed by atoms with Gasteiger partial charge in [0.25, 0.3) is 0 Å². The van der Waals surface area contributed by atoms with Crippen LogP contribution in [0, 0.1) is 0 Å². The number of hydrogen-bond donors (Lipinski definition) is 2. The molecule has 0 aliphatic heterocycles. The highest BCUT2D eigenvalue weighted by Gasteiger charge is 2.26. The second kappa shape index (κ2) is 7.15. The molecule has 0 aliphatic carbocycles. The molecule has 120 valence electrons. The molecule has 0 spiro atoms. The van der Waals surface area contributed by atoms with Gasteiger partial charge in [0.1, 0.15) is 10.6 Å². The van der Waals surface area contributed by atoms with Crippen LogP contribution < -0.4 is 15.2 Å². The van der Waals surface area contributed by atoms with Crippen molar-refractivity contribution < 1.29 is 13.2 Å². The minimum absolute atomic E-state index is 0.0411. The van der Waals surface area contributed by atoms with E-state index in [1.165, 1.54) is 19.2 Å². The van der Waals surface area contributed by atoms with Gasteiger partial charge in [-0.05, 0) is 18.9 Å². The van der Waals surface area contributed by atoms with Gasteiger partial charge in [0.2, 0.25) is 10.0 Å². The number of ether oxygens (including phenoxy) is 1. The van der Waals surface area contributed by atoms with E-state index in [-0.39, 0.29) is 21.5 Å². The summed E-state index contributed by atoms with van der Waals surface area (Å²) in [7, 11) is -2.37. The maximum absolute atomic E-state index is 12.3. The minimum atomic E-state index is -3.79. The Morgan fingerprint density at radius 1 is 1.24 bits per heavy atom. The van der Waals surface area contributed by atoms with E-state index in [1.807, 2.05) is 13.8 Å². The quantitative estimate of drug-likeness (QED) is 0.788. The predicted octanol–water partition coefficient (Wildman–Crippen LogP) is 2.80. The first-order valence-electron chi connectivity index (χ1n) is 6.50. The fourth-order valence-corrected chi connectivity index (χ4v) is 3.67. The maximum Gasteiger partial charge on any atom is 0.242 e. The predicted molar refractivity (Wildman–Crippen MR) is 85.7 cm³/mol. The molecule has 0 aliphatic rings. The van der Waals surface area contributed by atoms with Crippen LogP contribution in [0.4, 0.5) is 0 Å². The minimum Gasteiger partial charge on any atom is -0.495 e. The van der Waals surface area contributed by atoms with E-state index >= 15 is 0 Å². The molecule has 0 unspecified atom stereocenters. The van der Waals surface area contributed by atoms with E-state index in [9.17, 15) is 8.42 Å². The van der Waals surface area contributed by atoms with Gasteiger partial charge in [0.05, 0.1) is 17.2 Å². The van der Waals surface area contributed by atoms with Crippen LogP contribution in [0.1, 0.15) is 26.7 Å². The molecule has 8 heteroatoms. The van der Waals surface area contributed by atoms with Gasteiger partial charge < -0.3 is 10.5 Å². The van der Waals surface area contributed by atoms with Crippen molar-refractivity contribution in [3.8, 4) is 5.75 Å². The number of benzene rings is 1. The molecule has 1 aromatic rings. The van der Waals surface area contributed by atoms with Gasteiger partial charge in [-0.1, -0.05) is 37.0 Å². The molecule has 0 radical (unpaired) electrons. The normalized spacial score (nSPS) is 12.5. The summed E-state index contributed by atoms with van der Waals surface area (Å²) in [6.45, 7) is 3.95. The molecule has 0 bridgehead atoms. The molecule has 0 amide bonds. The highest BCUT2D eigenvalue weighted by Crippen LogP contribution is 2.33. The van der Waals surface area contributed by atoms with Crippen molar-refractivity contribution in [2.24, 2.45) is 5.73 Å². The SMILES string of the molecule is CCC(N)(CC)CNS(=O)(=O)c1cc(Cl)c(OC)cc1Cl. The van der Waals surface area contributed by atoms with Crippen molar-refractivity contribution in [1.82, 2.24) is 4.72 Å². The van der Waals surface area contributed by atoms with Crippen LogP contribution in [0.2, 0.25) is 10.0 Å². The van der Waals surface area contributed by atoms with Crippen molar-refractivity contribution in [2.45, 2.75) is 37.1 Å². The monoisotopic (exact) mass is 354 g/mol. The lowest BCUT2D eigenvalue weighted by Crippen LogP contribution is -2.49. The molecule has 3 N–H and O–H groups in total. The molecule has 0 atom stereocenters. The molecule has 0 fully saturated rings. The topological polar surface area (TPSA) is 81.4 Å². The Hall–Kier alpha value is -0.530. The highest BCUT2D eigenvalue weighted by atomic mass is 35.5. The molecular formula is C13H20Cl2N2O3S. The summed E-state index contributed by atoms with van der Waals surface area (Å²) in [5.74, 6) is 0.316. The van der Waals surface area contributed by atoms with Crippen molar-refractivity contribution >= 4 is 33.2 Å². The zero-order chi connectivity index (χ0) is 16.3. The number of methoxy groups -OCH3 is 1. The number of nitrogens with two attached hydrogens (primary N) is 1. The average Bonchev–Trinajstić information content (AvgIpc) is 2.46. The summed E-state index contributed by atoms with van der Waals surface area (Å²) < 4.78 is 32.1. The smallest absolute Gasteiger partial charge is 0.242 e. The summed E-state index contributed by atoms with van der Waals surface area (Å²) in [6, 6.07) is 2.63. The number of rotatable bonds is 7. The van der Waals surface area contributed by atoms with Crippen LogP contribution >= 0.6 is 23.2 Å². The lowest BCUT2D eigenvalue weighted by Gasteiger charge is -2.26. The third-order valence-electron chi connectivity index (χ3n) is 3.52. The lowest BCUT2D eigenvalue weighted by molar-refractivity contribution is 0.391. The Kier molecular flexibility index (Phi) is 6.31. The van der Waals surface area contributed by atoms with Gasteiger partial charge in [0.15, 0.2) is 0 Å². The zero-order valence-corrected chi connectivity index (χ0v) is 14.6. The molecule has 5 nitrogen and oxygen atoms in total. The van der Waals surface area contributed by atoms with E-state index in [0.717, 1.165) is 0 Å². The summed E-state index contributed by atoms with van der Waals surface area (Å²) in [5.41, 5.74) is 5.50. The van der Waals surface area contributed by atoms with Gasteiger partial charge in [-0.15, -0.1) is 0 Å². The Bertz CT molecular complexity index is 602. The Morgan fingerprint density at radius 3 is 2.29 bits per heavy atom. The molecule has 0 aromatic heterocycles. The van der Waals surface area contributed by atoms with E-state index in [2.05, 4.69) is 4.72 Å². The number of nitrogens with one attached hydrogen (secondary N) is 1. The second-order valence-electron chi connectivity index (χ2n) is 4.81. The molecule has 21 heavy (non-hydrogen) atoms. The van der Waals surface area contributed by atoms with Gasteiger partial charge in [-0.3, -0.25) is 0 Å². The van der Waals surface area contributed by atoms with Crippen LogP contribution in [-0.4, -0.2) is 27.6 Å². The fourth-order valence-electron chi connectivity index (χ4n) is 1.69. The maximum atomic E-state index is 12.3. The van der Waals surface area contributed by atoms with Gasteiger partial charge >= 0.3 is 0 Å². The summed E-state index contributed by atoms with van der Waals surface area (Å²) >= 11 is 11.9. The van der Waals surface area contributed by atoms with Crippen LogP contribution in [0.3, 0.4) is 0 Å². The Morgan fingerprint density at radius 2 is 1.81 bits per heavy atom. The van der Waals surface area contributed by atoms with E-state index in [1.54, 1.807) is 0 Å². The molecule has 1 aromatic carbocycles. The van der Waals surface area contributed by atoms with Crippen LogP contribution in [0.5, 0.6) is 5.75 Å². The molecule has 0 saturated carbocycles. The van der Waals surface area contributed by atoms with E-state index in [4.69, 9.17) is 33.7 Å². The van der Waals surface area contributed by atoms with Crippen molar-refractivity contribution in [3.05, 3.63) is 22.2 Å².